The lowest BCUT2D eigenvalue weighted by atomic mass is 9.94. The fourth-order valence-electron chi connectivity index (χ4n) is 3.64. The van der Waals surface area contributed by atoms with Crippen LogP contribution < -0.4 is 5.32 Å². The van der Waals surface area contributed by atoms with Crippen molar-refractivity contribution < 1.29 is 0 Å². The molecule has 1 aliphatic carbocycles. The van der Waals surface area contributed by atoms with Crippen molar-refractivity contribution in [2.24, 2.45) is 5.92 Å². The van der Waals surface area contributed by atoms with Crippen LogP contribution in [0.15, 0.2) is 24.3 Å². The van der Waals surface area contributed by atoms with Crippen molar-refractivity contribution in [1.29, 1.82) is 0 Å². The van der Waals surface area contributed by atoms with E-state index in [2.05, 4.69) is 62.3 Å². The van der Waals surface area contributed by atoms with Crippen molar-refractivity contribution in [2.75, 3.05) is 20.1 Å². The lowest BCUT2D eigenvalue weighted by Gasteiger charge is -2.36. The molecule has 0 spiro atoms. The third-order valence-corrected chi connectivity index (χ3v) is 5.01. The quantitative estimate of drug-likeness (QED) is 0.795. The first-order valence-corrected chi connectivity index (χ1v) is 8.68. The van der Waals surface area contributed by atoms with Crippen molar-refractivity contribution >= 4 is 0 Å². The van der Waals surface area contributed by atoms with Gasteiger partial charge in [0, 0.05) is 18.6 Å². The number of benzene rings is 1. The fraction of sp³-hybridized carbons (Fsp3) is 0.684. The third-order valence-electron chi connectivity index (χ3n) is 5.01. The molecular weight excluding hydrogens is 256 g/mol. The van der Waals surface area contributed by atoms with Crippen LogP contribution in [0.25, 0.3) is 0 Å². The molecule has 3 atom stereocenters. The first-order chi connectivity index (χ1) is 10.2. The Bertz CT molecular complexity index is 429. The summed E-state index contributed by atoms with van der Waals surface area (Å²) < 4.78 is 0. The van der Waals surface area contributed by atoms with Crippen LogP contribution in [0, 0.1) is 5.92 Å². The maximum absolute atomic E-state index is 3.76. The van der Waals surface area contributed by atoms with Gasteiger partial charge in [-0.1, -0.05) is 51.5 Å². The molecule has 21 heavy (non-hydrogen) atoms. The monoisotopic (exact) mass is 288 g/mol. The van der Waals surface area contributed by atoms with Gasteiger partial charge in [0.05, 0.1) is 0 Å². The number of fused-ring (bicyclic) bond motifs is 1. The van der Waals surface area contributed by atoms with Crippen LogP contribution in [0.1, 0.15) is 57.2 Å². The van der Waals surface area contributed by atoms with E-state index in [0.29, 0.717) is 12.1 Å². The van der Waals surface area contributed by atoms with E-state index < -0.39 is 0 Å². The second kappa shape index (κ2) is 7.95. The maximum Gasteiger partial charge on any atom is 0.0480 e. The number of nitrogens with one attached hydrogen (secondary N) is 1. The molecule has 0 aliphatic heterocycles. The first-order valence-electron chi connectivity index (χ1n) is 8.68. The van der Waals surface area contributed by atoms with Crippen LogP contribution in [-0.4, -0.2) is 31.1 Å². The molecule has 118 valence electrons. The summed E-state index contributed by atoms with van der Waals surface area (Å²) >= 11 is 0. The Labute approximate surface area is 130 Å². The van der Waals surface area contributed by atoms with Crippen LogP contribution in [0.3, 0.4) is 0 Å². The Kier molecular flexibility index (Phi) is 6.25. The van der Waals surface area contributed by atoms with Gasteiger partial charge in [0.25, 0.3) is 0 Å². The Morgan fingerprint density at radius 2 is 2.05 bits per heavy atom. The van der Waals surface area contributed by atoms with Gasteiger partial charge in [-0.25, -0.2) is 0 Å². The van der Waals surface area contributed by atoms with E-state index in [1.165, 1.54) is 37.8 Å². The molecule has 0 saturated heterocycles. The summed E-state index contributed by atoms with van der Waals surface area (Å²) in [6, 6.07) is 10.1. The molecule has 0 fully saturated rings. The molecule has 2 nitrogen and oxygen atoms in total. The summed E-state index contributed by atoms with van der Waals surface area (Å²) in [4.78, 5) is 2.60. The topological polar surface area (TPSA) is 15.3 Å². The predicted octanol–water partition coefficient (Wildman–Crippen LogP) is 4.02. The predicted molar refractivity (Wildman–Crippen MR) is 91.7 cm³/mol. The van der Waals surface area contributed by atoms with Crippen molar-refractivity contribution in [3.8, 4) is 0 Å². The molecule has 0 amide bonds. The van der Waals surface area contributed by atoms with E-state index in [0.717, 1.165) is 12.5 Å². The molecule has 0 bridgehead atoms. The number of rotatable bonds is 6. The van der Waals surface area contributed by atoms with E-state index in [1.807, 2.05) is 0 Å². The first kappa shape index (κ1) is 16.5. The van der Waals surface area contributed by atoms with Gasteiger partial charge in [-0.05, 0) is 49.9 Å². The summed E-state index contributed by atoms with van der Waals surface area (Å²) in [5.74, 6) is 0.774. The molecule has 0 aromatic heterocycles. The summed E-state index contributed by atoms with van der Waals surface area (Å²) in [6.45, 7) is 9.11. The molecule has 3 unspecified atom stereocenters. The summed E-state index contributed by atoms with van der Waals surface area (Å²) in [5, 5.41) is 3.76. The maximum atomic E-state index is 3.76. The van der Waals surface area contributed by atoms with Gasteiger partial charge in [-0.15, -0.1) is 0 Å². The van der Waals surface area contributed by atoms with Crippen molar-refractivity contribution in [3.63, 3.8) is 0 Å². The molecule has 0 heterocycles. The highest BCUT2D eigenvalue weighted by Crippen LogP contribution is 2.31. The number of hydrogen-bond acceptors (Lipinski definition) is 2. The lowest BCUT2D eigenvalue weighted by Crippen LogP contribution is -2.44. The Morgan fingerprint density at radius 1 is 1.29 bits per heavy atom. The van der Waals surface area contributed by atoms with Gasteiger partial charge in [0.1, 0.15) is 0 Å². The van der Waals surface area contributed by atoms with Gasteiger partial charge in [-0.2, -0.15) is 0 Å². The highest BCUT2D eigenvalue weighted by Gasteiger charge is 2.30. The van der Waals surface area contributed by atoms with E-state index in [1.54, 1.807) is 5.56 Å². The number of hydrogen-bond donors (Lipinski definition) is 1. The van der Waals surface area contributed by atoms with Crippen LogP contribution in [0.2, 0.25) is 0 Å². The molecule has 1 aromatic carbocycles. The Hall–Kier alpha value is -0.860. The highest BCUT2D eigenvalue weighted by molar-refractivity contribution is 5.32. The average Bonchev–Trinajstić information content (AvgIpc) is 2.67. The molecule has 1 aliphatic rings. The van der Waals surface area contributed by atoms with Gasteiger partial charge in [0.15, 0.2) is 0 Å². The number of nitrogens with zero attached hydrogens (tertiary/aromatic N) is 1. The van der Waals surface area contributed by atoms with E-state index in [9.17, 15) is 0 Å². The van der Waals surface area contributed by atoms with Gasteiger partial charge >= 0.3 is 0 Å². The summed E-state index contributed by atoms with van der Waals surface area (Å²) in [5.41, 5.74) is 3.07. The second-order valence-electron chi connectivity index (χ2n) is 6.65. The minimum Gasteiger partial charge on any atom is -0.309 e. The van der Waals surface area contributed by atoms with Crippen molar-refractivity contribution in [2.45, 2.75) is 58.5 Å². The van der Waals surface area contributed by atoms with Crippen LogP contribution in [-0.2, 0) is 6.42 Å². The number of aryl methyl sites for hydroxylation is 1. The van der Waals surface area contributed by atoms with E-state index in [4.69, 9.17) is 0 Å². The summed E-state index contributed by atoms with van der Waals surface area (Å²) in [7, 11) is 2.31. The normalized spacial score (nSPS) is 23.7. The van der Waals surface area contributed by atoms with Crippen LogP contribution >= 0.6 is 0 Å². The molecule has 2 heteroatoms. The zero-order valence-electron chi connectivity index (χ0n) is 14.2. The molecule has 1 aromatic rings. The Balaban J connectivity index is 2.23. The van der Waals surface area contributed by atoms with Crippen LogP contribution in [0.5, 0.6) is 0 Å². The Morgan fingerprint density at radius 3 is 2.76 bits per heavy atom. The standard InChI is InChI=1S/C19H32N2/c1-5-15(3)14-21(4)18-13-9-11-16-10-7-8-12-17(16)19(18)20-6-2/h7-8,10,12,15,18-20H,5-6,9,11,13-14H2,1-4H3. The molecule has 0 saturated carbocycles. The second-order valence-corrected chi connectivity index (χ2v) is 6.65. The lowest BCUT2D eigenvalue weighted by molar-refractivity contribution is 0.161. The van der Waals surface area contributed by atoms with Gasteiger partial charge in [0.2, 0.25) is 0 Å². The average molecular weight is 288 g/mol. The SMILES string of the molecule is CCNC1c2ccccc2CCCC1N(C)CC(C)CC. The zero-order valence-corrected chi connectivity index (χ0v) is 14.2. The van der Waals surface area contributed by atoms with Crippen molar-refractivity contribution in [3.05, 3.63) is 35.4 Å². The minimum atomic E-state index is 0.475. The third kappa shape index (κ3) is 4.08. The largest absolute Gasteiger partial charge is 0.309 e. The number of likely N-dealkylation sites (N-methyl/N-ethyl adjacent to an activating group) is 2. The zero-order chi connectivity index (χ0) is 15.2. The highest BCUT2D eigenvalue weighted by atomic mass is 15.2. The van der Waals surface area contributed by atoms with Crippen LogP contribution in [0.4, 0.5) is 0 Å². The molecule has 1 N–H and O–H groups in total. The van der Waals surface area contributed by atoms with Gasteiger partial charge in [-0.3, -0.25) is 0 Å². The molecular formula is C19H32N2. The van der Waals surface area contributed by atoms with Crippen molar-refractivity contribution in [1.82, 2.24) is 10.2 Å². The minimum absolute atomic E-state index is 0.475. The van der Waals surface area contributed by atoms with E-state index >= 15 is 0 Å². The van der Waals surface area contributed by atoms with Gasteiger partial charge < -0.3 is 10.2 Å². The van der Waals surface area contributed by atoms with E-state index in [-0.39, 0.29) is 0 Å². The molecule has 2 rings (SSSR count). The molecule has 0 radical (unpaired) electrons. The summed E-state index contributed by atoms with van der Waals surface area (Å²) in [6.07, 6.45) is 5.08. The fourth-order valence-corrected chi connectivity index (χ4v) is 3.64. The smallest absolute Gasteiger partial charge is 0.0480 e.